The highest BCUT2D eigenvalue weighted by molar-refractivity contribution is 6.31. The Hall–Kier alpha value is -2.21. The second-order valence-corrected chi connectivity index (χ2v) is 7.04. The van der Waals surface area contributed by atoms with Crippen molar-refractivity contribution in [1.29, 1.82) is 0 Å². The standard InChI is InChI=1S/C20H21ClF3NO2/c1-11(2)15-7-5-12(3)9-18(15)27-13(4)19(26)25-14-6-8-17(21)16(10-14)20(22,23)24/h5-11,13H,1-4H3,(H,25,26). The average Bonchev–Trinajstić information content (AvgIpc) is 2.55. The van der Waals surface area contributed by atoms with E-state index in [-0.39, 0.29) is 11.6 Å². The van der Waals surface area contributed by atoms with Gasteiger partial charge in [-0.1, -0.05) is 37.6 Å². The number of benzene rings is 2. The molecule has 0 aliphatic rings. The molecule has 7 heteroatoms. The Balaban J connectivity index is 2.17. The Morgan fingerprint density at radius 1 is 1.11 bits per heavy atom. The number of carbonyl (C=O) groups is 1. The zero-order chi connectivity index (χ0) is 20.4. The van der Waals surface area contributed by atoms with Gasteiger partial charge < -0.3 is 10.1 Å². The van der Waals surface area contributed by atoms with Gasteiger partial charge in [0.25, 0.3) is 5.91 Å². The zero-order valence-corrected chi connectivity index (χ0v) is 16.2. The molecule has 0 fully saturated rings. The molecule has 0 bridgehead atoms. The zero-order valence-electron chi connectivity index (χ0n) is 15.4. The molecule has 1 unspecified atom stereocenters. The van der Waals surface area contributed by atoms with E-state index in [2.05, 4.69) is 5.32 Å². The number of nitrogens with one attached hydrogen (secondary N) is 1. The highest BCUT2D eigenvalue weighted by Crippen LogP contribution is 2.36. The van der Waals surface area contributed by atoms with Gasteiger partial charge in [-0.3, -0.25) is 4.79 Å². The Morgan fingerprint density at radius 2 is 1.78 bits per heavy atom. The van der Waals surface area contributed by atoms with Crippen LogP contribution in [0.2, 0.25) is 5.02 Å². The Labute approximate surface area is 161 Å². The van der Waals surface area contributed by atoms with Crippen LogP contribution in [0, 0.1) is 6.92 Å². The summed E-state index contributed by atoms with van der Waals surface area (Å²) in [5, 5.41) is 2.02. The summed E-state index contributed by atoms with van der Waals surface area (Å²) in [6.07, 6.45) is -5.50. The second kappa shape index (κ2) is 8.21. The topological polar surface area (TPSA) is 38.3 Å². The molecule has 0 aliphatic heterocycles. The second-order valence-electron chi connectivity index (χ2n) is 6.64. The fourth-order valence-electron chi connectivity index (χ4n) is 2.53. The van der Waals surface area contributed by atoms with E-state index >= 15 is 0 Å². The molecule has 1 amide bonds. The lowest BCUT2D eigenvalue weighted by Crippen LogP contribution is -2.30. The van der Waals surface area contributed by atoms with Crippen LogP contribution in [0.1, 0.15) is 43.4 Å². The number of hydrogen-bond donors (Lipinski definition) is 1. The van der Waals surface area contributed by atoms with Crippen LogP contribution >= 0.6 is 11.6 Å². The van der Waals surface area contributed by atoms with Crippen molar-refractivity contribution in [3.8, 4) is 5.75 Å². The van der Waals surface area contributed by atoms with Crippen molar-refractivity contribution in [3.05, 3.63) is 58.1 Å². The first kappa shape index (κ1) is 21.1. The van der Waals surface area contributed by atoms with Crippen LogP contribution in [-0.4, -0.2) is 12.0 Å². The first-order valence-electron chi connectivity index (χ1n) is 8.44. The van der Waals surface area contributed by atoms with Gasteiger partial charge in [0, 0.05) is 5.69 Å². The van der Waals surface area contributed by atoms with Crippen LogP contribution in [0.3, 0.4) is 0 Å². The Kier molecular flexibility index (Phi) is 6.42. The molecule has 2 aromatic rings. The van der Waals surface area contributed by atoms with Gasteiger partial charge in [0.2, 0.25) is 0 Å². The molecule has 146 valence electrons. The van der Waals surface area contributed by atoms with Crippen molar-refractivity contribution in [1.82, 2.24) is 0 Å². The molecule has 0 heterocycles. The minimum Gasteiger partial charge on any atom is -0.481 e. The number of hydrogen-bond acceptors (Lipinski definition) is 2. The minimum atomic E-state index is -4.60. The van der Waals surface area contributed by atoms with Gasteiger partial charge >= 0.3 is 6.18 Å². The fraction of sp³-hybridized carbons (Fsp3) is 0.350. The van der Waals surface area contributed by atoms with Crippen molar-refractivity contribution in [3.63, 3.8) is 0 Å². The van der Waals surface area contributed by atoms with Gasteiger partial charge in [0.15, 0.2) is 6.10 Å². The fourth-order valence-corrected chi connectivity index (χ4v) is 2.75. The van der Waals surface area contributed by atoms with Crippen molar-refractivity contribution in [2.45, 2.75) is 45.9 Å². The summed E-state index contributed by atoms with van der Waals surface area (Å²) in [4.78, 5) is 12.4. The molecule has 0 aliphatic carbocycles. The third-order valence-electron chi connectivity index (χ3n) is 4.00. The predicted octanol–water partition coefficient (Wildman–Crippen LogP) is 6.20. The van der Waals surface area contributed by atoms with Crippen molar-refractivity contribution in [2.75, 3.05) is 5.32 Å². The highest BCUT2D eigenvalue weighted by atomic mass is 35.5. The van der Waals surface area contributed by atoms with Gasteiger partial charge in [-0.05, 0) is 55.2 Å². The monoisotopic (exact) mass is 399 g/mol. The van der Waals surface area contributed by atoms with Crippen LogP contribution in [0.4, 0.5) is 18.9 Å². The van der Waals surface area contributed by atoms with E-state index in [0.717, 1.165) is 23.3 Å². The molecule has 0 radical (unpaired) electrons. The van der Waals surface area contributed by atoms with Gasteiger partial charge in [-0.15, -0.1) is 0 Å². The largest absolute Gasteiger partial charge is 0.481 e. The average molecular weight is 400 g/mol. The third-order valence-corrected chi connectivity index (χ3v) is 4.33. The number of alkyl halides is 3. The van der Waals surface area contributed by atoms with Crippen LogP contribution in [0.25, 0.3) is 0 Å². The Bertz CT molecular complexity index is 834. The lowest BCUT2D eigenvalue weighted by atomic mass is 10.0. The molecule has 0 saturated carbocycles. The summed E-state index contributed by atoms with van der Waals surface area (Å²) in [5.74, 6) is 0.225. The number of carbonyl (C=O) groups excluding carboxylic acids is 1. The van der Waals surface area contributed by atoms with Crippen LogP contribution in [0.15, 0.2) is 36.4 Å². The normalized spacial score (nSPS) is 12.8. The van der Waals surface area contributed by atoms with Crippen molar-refractivity contribution < 1.29 is 22.7 Å². The molecule has 1 atom stereocenters. The van der Waals surface area contributed by atoms with E-state index in [1.807, 2.05) is 39.0 Å². The van der Waals surface area contributed by atoms with E-state index in [4.69, 9.17) is 16.3 Å². The number of ether oxygens (including phenoxy) is 1. The molecule has 0 aromatic heterocycles. The molecule has 0 spiro atoms. The molecular weight excluding hydrogens is 379 g/mol. The summed E-state index contributed by atoms with van der Waals surface area (Å²) in [7, 11) is 0. The van der Waals surface area contributed by atoms with E-state index in [9.17, 15) is 18.0 Å². The Morgan fingerprint density at radius 3 is 2.37 bits per heavy atom. The SMILES string of the molecule is Cc1ccc(C(C)C)c(OC(C)C(=O)Nc2ccc(Cl)c(C(F)(F)F)c2)c1. The van der Waals surface area contributed by atoms with E-state index < -0.39 is 28.8 Å². The quantitative estimate of drug-likeness (QED) is 0.650. The summed E-state index contributed by atoms with van der Waals surface area (Å²) < 4.78 is 44.6. The maximum Gasteiger partial charge on any atom is 0.417 e. The number of halogens is 4. The molecule has 27 heavy (non-hydrogen) atoms. The summed E-state index contributed by atoms with van der Waals surface area (Å²) in [5.41, 5.74) is 0.928. The summed E-state index contributed by atoms with van der Waals surface area (Å²) in [6.45, 7) is 7.47. The predicted molar refractivity (Wildman–Crippen MR) is 100 cm³/mol. The summed E-state index contributed by atoms with van der Waals surface area (Å²) in [6, 6.07) is 8.95. The van der Waals surface area contributed by atoms with Crippen LogP contribution < -0.4 is 10.1 Å². The lowest BCUT2D eigenvalue weighted by Gasteiger charge is -2.19. The first-order chi connectivity index (χ1) is 12.5. The molecule has 2 aromatic carbocycles. The highest BCUT2D eigenvalue weighted by Gasteiger charge is 2.33. The molecular formula is C20H21ClF3NO2. The number of amides is 1. The van der Waals surface area contributed by atoms with Crippen molar-refractivity contribution in [2.24, 2.45) is 0 Å². The number of aryl methyl sites for hydroxylation is 1. The van der Waals surface area contributed by atoms with E-state index in [0.29, 0.717) is 5.75 Å². The molecule has 1 N–H and O–H groups in total. The third kappa shape index (κ3) is 5.39. The molecule has 2 rings (SSSR count). The van der Waals surface area contributed by atoms with E-state index in [1.165, 1.54) is 6.07 Å². The van der Waals surface area contributed by atoms with Crippen LogP contribution in [0.5, 0.6) is 5.75 Å². The number of anilines is 1. The molecule has 3 nitrogen and oxygen atoms in total. The van der Waals surface area contributed by atoms with Gasteiger partial charge in [0.1, 0.15) is 5.75 Å². The van der Waals surface area contributed by atoms with E-state index in [1.54, 1.807) is 6.92 Å². The molecule has 0 saturated heterocycles. The van der Waals surface area contributed by atoms with Gasteiger partial charge in [-0.2, -0.15) is 13.2 Å². The summed E-state index contributed by atoms with van der Waals surface area (Å²) >= 11 is 5.59. The smallest absolute Gasteiger partial charge is 0.417 e. The maximum atomic E-state index is 12.9. The van der Waals surface area contributed by atoms with Gasteiger partial charge in [-0.25, -0.2) is 0 Å². The van der Waals surface area contributed by atoms with Gasteiger partial charge in [0.05, 0.1) is 10.6 Å². The first-order valence-corrected chi connectivity index (χ1v) is 8.81. The van der Waals surface area contributed by atoms with Crippen LogP contribution in [-0.2, 0) is 11.0 Å². The minimum absolute atomic E-state index is 0.000463. The van der Waals surface area contributed by atoms with Crippen molar-refractivity contribution >= 4 is 23.2 Å². The lowest BCUT2D eigenvalue weighted by molar-refractivity contribution is -0.137. The number of rotatable bonds is 5. The maximum absolute atomic E-state index is 12.9.